The first-order valence-electron chi connectivity index (χ1n) is 5.17. The van der Waals surface area contributed by atoms with E-state index in [-0.39, 0.29) is 0 Å². The van der Waals surface area contributed by atoms with Gasteiger partial charge in [0.1, 0.15) is 5.78 Å². The predicted molar refractivity (Wildman–Crippen MR) is 48.9 cm³/mol. The highest BCUT2D eigenvalue weighted by Crippen LogP contribution is 2.53. The zero-order valence-electron chi connectivity index (χ0n) is 8.10. The Morgan fingerprint density at radius 2 is 2.17 bits per heavy atom. The molecule has 0 radical (unpaired) electrons. The molecule has 0 saturated heterocycles. The highest BCUT2D eigenvalue weighted by Gasteiger charge is 2.49. The molecule has 2 rings (SSSR count). The van der Waals surface area contributed by atoms with E-state index >= 15 is 0 Å². The van der Waals surface area contributed by atoms with Crippen LogP contribution in [0.2, 0.25) is 0 Å². The van der Waals surface area contributed by atoms with Gasteiger partial charge in [-0.1, -0.05) is 26.7 Å². The van der Waals surface area contributed by atoms with Crippen molar-refractivity contribution in [3.05, 3.63) is 0 Å². The summed E-state index contributed by atoms with van der Waals surface area (Å²) in [4.78, 5) is 11.6. The van der Waals surface area contributed by atoms with E-state index in [1.807, 2.05) is 0 Å². The predicted octanol–water partition coefficient (Wildman–Crippen LogP) is 2.79. The third kappa shape index (κ3) is 0.949. The Balaban J connectivity index is 2.26. The third-order valence-electron chi connectivity index (χ3n) is 4.35. The topological polar surface area (TPSA) is 17.1 Å². The highest BCUT2D eigenvalue weighted by molar-refractivity contribution is 5.84. The lowest BCUT2D eigenvalue weighted by atomic mass is 9.63. The lowest BCUT2D eigenvalue weighted by Crippen LogP contribution is -2.35. The first-order chi connectivity index (χ1) is 5.64. The van der Waals surface area contributed by atoms with Gasteiger partial charge >= 0.3 is 0 Å². The van der Waals surface area contributed by atoms with Crippen molar-refractivity contribution in [1.29, 1.82) is 0 Å². The average Bonchev–Trinajstić information content (AvgIpc) is 2.33. The molecule has 0 aromatic heterocycles. The van der Waals surface area contributed by atoms with E-state index in [4.69, 9.17) is 0 Å². The van der Waals surface area contributed by atoms with Crippen LogP contribution in [0.25, 0.3) is 0 Å². The minimum absolute atomic E-state index is 0.370. The number of hydrogen-bond donors (Lipinski definition) is 0. The van der Waals surface area contributed by atoms with Crippen molar-refractivity contribution < 1.29 is 4.79 Å². The van der Waals surface area contributed by atoms with E-state index in [1.165, 1.54) is 19.3 Å². The second-order valence-electron chi connectivity index (χ2n) is 4.86. The Morgan fingerprint density at radius 1 is 1.42 bits per heavy atom. The molecule has 2 saturated carbocycles. The van der Waals surface area contributed by atoms with Crippen molar-refractivity contribution >= 4 is 5.78 Å². The monoisotopic (exact) mass is 166 g/mol. The molecule has 2 aliphatic carbocycles. The molecular formula is C11H18O. The molecule has 0 spiro atoms. The summed E-state index contributed by atoms with van der Waals surface area (Å²) in [6, 6.07) is 0. The molecule has 2 aliphatic rings. The summed E-state index contributed by atoms with van der Waals surface area (Å²) < 4.78 is 0. The van der Waals surface area contributed by atoms with Gasteiger partial charge in [0.25, 0.3) is 0 Å². The first-order valence-corrected chi connectivity index (χ1v) is 5.17. The zero-order valence-corrected chi connectivity index (χ0v) is 8.10. The normalized spacial score (nSPS) is 47.7. The van der Waals surface area contributed by atoms with Gasteiger partial charge in [-0.25, -0.2) is 0 Å². The Morgan fingerprint density at radius 3 is 2.83 bits per heavy atom. The van der Waals surface area contributed by atoms with E-state index in [0.717, 1.165) is 18.8 Å². The summed E-state index contributed by atoms with van der Waals surface area (Å²) in [5.41, 5.74) is 0.370. The summed E-state index contributed by atoms with van der Waals surface area (Å²) in [6.07, 6.45) is 5.77. The van der Waals surface area contributed by atoms with Crippen LogP contribution in [0.1, 0.15) is 46.0 Å². The molecule has 0 heterocycles. The van der Waals surface area contributed by atoms with Gasteiger partial charge in [0, 0.05) is 12.3 Å². The van der Waals surface area contributed by atoms with Crippen LogP contribution in [0.15, 0.2) is 0 Å². The van der Waals surface area contributed by atoms with Crippen LogP contribution in [0.3, 0.4) is 0 Å². The Hall–Kier alpha value is -0.330. The molecule has 3 unspecified atom stereocenters. The van der Waals surface area contributed by atoms with Gasteiger partial charge in [-0.2, -0.15) is 0 Å². The number of rotatable bonds is 0. The second kappa shape index (κ2) is 2.58. The number of hydrogen-bond acceptors (Lipinski definition) is 1. The van der Waals surface area contributed by atoms with Crippen molar-refractivity contribution in [2.75, 3.05) is 0 Å². The van der Waals surface area contributed by atoms with Gasteiger partial charge < -0.3 is 0 Å². The van der Waals surface area contributed by atoms with Crippen LogP contribution < -0.4 is 0 Å². The van der Waals surface area contributed by atoms with E-state index in [2.05, 4.69) is 13.8 Å². The molecule has 0 bridgehead atoms. The molecule has 0 aliphatic heterocycles. The van der Waals surface area contributed by atoms with E-state index in [1.54, 1.807) is 0 Å². The lowest BCUT2D eigenvalue weighted by molar-refractivity contribution is -0.124. The van der Waals surface area contributed by atoms with E-state index in [9.17, 15) is 4.79 Å². The summed E-state index contributed by atoms with van der Waals surface area (Å²) in [5, 5.41) is 0. The van der Waals surface area contributed by atoms with Crippen LogP contribution in [0.5, 0.6) is 0 Å². The SMILES string of the molecule is CC1CCCC2C(=O)CCC12C. The largest absolute Gasteiger partial charge is 0.299 e. The average molecular weight is 166 g/mol. The van der Waals surface area contributed by atoms with Gasteiger partial charge in [-0.15, -0.1) is 0 Å². The molecule has 12 heavy (non-hydrogen) atoms. The fourth-order valence-electron chi connectivity index (χ4n) is 3.15. The minimum Gasteiger partial charge on any atom is -0.299 e. The van der Waals surface area contributed by atoms with E-state index in [0.29, 0.717) is 17.1 Å². The van der Waals surface area contributed by atoms with Gasteiger partial charge in [0.05, 0.1) is 0 Å². The molecular weight excluding hydrogens is 148 g/mol. The number of carbonyl (C=O) groups is 1. The number of fused-ring (bicyclic) bond motifs is 1. The molecule has 1 nitrogen and oxygen atoms in total. The standard InChI is InChI=1S/C11H18O/c1-8-4-3-5-9-10(12)6-7-11(8,9)2/h8-9H,3-7H2,1-2H3. The summed E-state index contributed by atoms with van der Waals surface area (Å²) >= 11 is 0. The van der Waals surface area contributed by atoms with Gasteiger partial charge in [-0.05, 0) is 24.2 Å². The third-order valence-corrected chi connectivity index (χ3v) is 4.35. The first kappa shape index (κ1) is 8.28. The molecule has 3 atom stereocenters. The van der Waals surface area contributed by atoms with Crippen molar-refractivity contribution in [1.82, 2.24) is 0 Å². The van der Waals surface area contributed by atoms with Crippen LogP contribution in [0, 0.1) is 17.3 Å². The van der Waals surface area contributed by atoms with Crippen molar-refractivity contribution in [2.24, 2.45) is 17.3 Å². The van der Waals surface area contributed by atoms with Gasteiger partial charge in [0.2, 0.25) is 0 Å². The molecule has 0 N–H and O–H groups in total. The molecule has 68 valence electrons. The van der Waals surface area contributed by atoms with Gasteiger partial charge in [0.15, 0.2) is 0 Å². The van der Waals surface area contributed by atoms with Crippen molar-refractivity contribution in [2.45, 2.75) is 46.0 Å². The van der Waals surface area contributed by atoms with Crippen molar-refractivity contribution in [3.8, 4) is 0 Å². The van der Waals surface area contributed by atoms with E-state index < -0.39 is 0 Å². The molecule has 1 heteroatoms. The number of carbonyl (C=O) groups excluding carboxylic acids is 1. The Kier molecular flexibility index (Phi) is 1.78. The number of ketones is 1. The molecule has 0 amide bonds. The number of Topliss-reactive ketones (excluding diaryl/α,β-unsaturated/α-hetero) is 1. The van der Waals surface area contributed by atoms with Crippen LogP contribution in [-0.2, 0) is 4.79 Å². The Bertz CT molecular complexity index is 209. The maximum atomic E-state index is 11.6. The Labute approximate surface area is 74.5 Å². The summed E-state index contributed by atoms with van der Waals surface area (Å²) in [7, 11) is 0. The zero-order chi connectivity index (χ0) is 8.77. The van der Waals surface area contributed by atoms with Crippen LogP contribution >= 0.6 is 0 Å². The molecule has 2 fully saturated rings. The summed E-state index contributed by atoms with van der Waals surface area (Å²) in [5.74, 6) is 1.73. The summed E-state index contributed by atoms with van der Waals surface area (Å²) in [6.45, 7) is 4.65. The second-order valence-corrected chi connectivity index (χ2v) is 4.86. The smallest absolute Gasteiger partial charge is 0.136 e. The minimum atomic E-state index is 0.370. The highest BCUT2D eigenvalue weighted by atomic mass is 16.1. The maximum absolute atomic E-state index is 11.6. The fraction of sp³-hybridized carbons (Fsp3) is 0.909. The van der Waals surface area contributed by atoms with Crippen LogP contribution in [0.4, 0.5) is 0 Å². The molecule has 0 aromatic carbocycles. The van der Waals surface area contributed by atoms with Crippen molar-refractivity contribution in [3.63, 3.8) is 0 Å². The molecule has 0 aromatic rings. The lowest BCUT2D eigenvalue weighted by Gasteiger charge is -2.40. The van der Waals surface area contributed by atoms with Gasteiger partial charge in [-0.3, -0.25) is 4.79 Å². The van der Waals surface area contributed by atoms with Crippen LogP contribution in [-0.4, -0.2) is 5.78 Å². The quantitative estimate of drug-likeness (QED) is 0.541. The fourth-order valence-corrected chi connectivity index (χ4v) is 3.15. The maximum Gasteiger partial charge on any atom is 0.136 e.